The molecule has 0 fully saturated rings. The van der Waals surface area contributed by atoms with Gasteiger partial charge in [-0.2, -0.15) is 0 Å². The highest BCUT2D eigenvalue weighted by atomic mass is 35.5. The maximum atomic E-state index is 12.1. The Labute approximate surface area is 124 Å². The number of rotatable bonds is 6. The molecule has 1 aromatic carbocycles. The summed E-state index contributed by atoms with van der Waals surface area (Å²) in [6.07, 6.45) is 1.94. The van der Waals surface area contributed by atoms with Crippen LogP contribution in [-0.4, -0.2) is 25.1 Å². The molecule has 0 saturated heterocycles. The van der Waals surface area contributed by atoms with E-state index < -0.39 is 0 Å². The SMILES string of the molecule is CC(C)(CCCCl)CNC(=O)c1ccc2c(c1)OCO2. The zero-order valence-corrected chi connectivity index (χ0v) is 12.6. The molecule has 0 spiro atoms. The minimum Gasteiger partial charge on any atom is -0.454 e. The van der Waals surface area contributed by atoms with Gasteiger partial charge in [0.05, 0.1) is 0 Å². The summed E-state index contributed by atoms with van der Waals surface area (Å²) in [7, 11) is 0. The lowest BCUT2D eigenvalue weighted by Gasteiger charge is -2.24. The number of ether oxygens (including phenoxy) is 2. The van der Waals surface area contributed by atoms with Gasteiger partial charge in [-0.05, 0) is 36.5 Å². The largest absolute Gasteiger partial charge is 0.454 e. The maximum absolute atomic E-state index is 12.1. The zero-order chi connectivity index (χ0) is 14.6. The third-order valence-corrected chi connectivity index (χ3v) is 3.62. The van der Waals surface area contributed by atoms with E-state index in [4.69, 9.17) is 21.1 Å². The Bertz CT molecular complexity index is 488. The van der Waals surface area contributed by atoms with Crippen LogP contribution in [0.15, 0.2) is 18.2 Å². The molecule has 0 aromatic heterocycles. The second-order valence-electron chi connectivity index (χ2n) is 5.71. The van der Waals surface area contributed by atoms with E-state index in [2.05, 4.69) is 19.2 Å². The first kappa shape index (κ1) is 15.0. The highest BCUT2D eigenvalue weighted by Crippen LogP contribution is 2.32. The molecule has 110 valence electrons. The average molecular weight is 298 g/mol. The lowest BCUT2D eigenvalue weighted by molar-refractivity contribution is 0.0934. The molecule has 1 aliphatic heterocycles. The first-order valence-corrected chi connectivity index (χ1v) is 7.29. The summed E-state index contributed by atoms with van der Waals surface area (Å²) in [5, 5.41) is 2.96. The van der Waals surface area contributed by atoms with Crippen molar-refractivity contribution in [1.29, 1.82) is 0 Å². The Morgan fingerprint density at radius 3 is 2.85 bits per heavy atom. The van der Waals surface area contributed by atoms with Gasteiger partial charge in [0.25, 0.3) is 5.91 Å². The molecule has 0 aliphatic carbocycles. The van der Waals surface area contributed by atoms with Gasteiger partial charge < -0.3 is 14.8 Å². The van der Waals surface area contributed by atoms with Gasteiger partial charge >= 0.3 is 0 Å². The van der Waals surface area contributed by atoms with Gasteiger partial charge in [-0.1, -0.05) is 13.8 Å². The van der Waals surface area contributed by atoms with Gasteiger partial charge in [-0.3, -0.25) is 4.79 Å². The predicted octanol–water partition coefficient (Wildman–Crippen LogP) is 3.19. The van der Waals surface area contributed by atoms with E-state index in [1.807, 2.05) is 0 Å². The van der Waals surface area contributed by atoms with Crippen molar-refractivity contribution in [3.8, 4) is 11.5 Å². The second kappa shape index (κ2) is 6.35. The molecule has 0 unspecified atom stereocenters. The molecule has 1 aliphatic rings. The first-order chi connectivity index (χ1) is 9.52. The van der Waals surface area contributed by atoms with Crippen LogP contribution < -0.4 is 14.8 Å². The van der Waals surface area contributed by atoms with Gasteiger partial charge in [-0.25, -0.2) is 0 Å². The number of halogens is 1. The molecule has 0 bridgehead atoms. The Balaban J connectivity index is 1.92. The van der Waals surface area contributed by atoms with Crippen molar-refractivity contribution in [1.82, 2.24) is 5.32 Å². The van der Waals surface area contributed by atoms with Crippen LogP contribution in [0.2, 0.25) is 0 Å². The molecule has 0 saturated carbocycles. The van der Waals surface area contributed by atoms with Crippen LogP contribution >= 0.6 is 11.6 Å². The van der Waals surface area contributed by atoms with Crippen LogP contribution in [0.4, 0.5) is 0 Å². The fourth-order valence-electron chi connectivity index (χ4n) is 2.09. The Morgan fingerprint density at radius 1 is 1.35 bits per heavy atom. The van der Waals surface area contributed by atoms with Gasteiger partial charge in [0.1, 0.15) is 0 Å². The molecule has 5 heteroatoms. The summed E-state index contributed by atoms with van der Waals surface area (Å²) in [6.45, 7) is 5.09. The molecule has 1 N–H and O–H groups in total. The van der Waals surface area contributed by atoms with Gasteiger partial charge in [-0.15, -0.1) is 11.6 Å². The van der Waals surface area contributed by atoms with Crippen LogP contribution in [0, 0.1) is 5.41 Å². The zero-order valence-electron chi connectivity index (χ0n) is 11.9. The van der Waals surface area contributed by atoms with Crippen LogP contribution in [0.3, 0.4) is 0 Å². The minimum atomic E-state index is -0.0951. The van der Waals surface area contributed by atoms with Gasteiger partial charge in [0.2, 0.25) is 6.79 Å². The van der Waals surface area contributed by atoms with E-state index in [1.165, 1.54) is 0 Å². The third kappa shape index (κ3) is 3.79. The molecule has 20 heavy (non-hydrogen) atoms. The number of amides is 1. The van der Waals surface area contributed by atoms with E-state index in [9.17, 15) is 4.79 Å². The standard InChI is InChI=1S/C15H20ClNO3/c1-15(2,6-3-7-16)9-17-14(18)11-4-5-12-13(8-11)20-10-19-12/h4-5,8H,3,6-7,9-10H2,1-2H3,(H,17,18). The van der Waals surface area contributed by atoms with E-state index in [-0.39, 0.29) is 18.1 Å². The molecular formula is C15H20ClNO3. The highest BCUT2D eigenvalue weighted by molar-refractivity contribution is 6.17. The molecule has 0 radical (unpaired) electrons. The molecule has 1 aromatic rings. The van der Waals surface area contributed by atoms with Gasteiger partial charge in [0.15, 0.2) is 11.5 Å². The summed E-state index contributed by atoms with van der Waals surface area (Å²) in [6, 6.07) is 5.22. The van der Waals surface area contributed by atoms with Crippen molar-refractivity contribution < 1.29 is 14.3 Å². The summed E-state index contributed by atoms with van der Waals surface area (Å²) in [4.78, 5) is 12.1. The number of hydrogen-bond acceptors (Lipinski definition) is 3. The molecule has 0 atom stereocenters. The lowest BCUT2D eigenvalue weighted by Crippen LogP contribution is -2.34. The van der Waals surface area contributed by atoms with Gasteiger partial charge in [0, 0.05) is 18.0 Å². The number of carbonyl (C=O) groups excluding carboxylic acids is 1. The topological polar surface area (TPSA) is 47.6 Å². The Hall–Kier alpha value is -1.42. The predicted molar refractivity (Wildman–Crippen MR) is 78.6 cm³/mol. The van der Waals surface area contributed by atoms with Crippen molar-refractivity contribution >= 4 is 17.5 Å². The normalized spacial score (nSPS) is 13.3. The average Bonchev–Trinajstić information content (AvgIpc) is 2.90. The third-order valence-electron chi connectivity index (χ3n) is 3.35. The van der Waals surface area contributed by atoms with Crippen molar-refractivity contribution in [2.45, 2.75) is 26.7 Å². The van der Waals surface area contributed by atoms with E-state index in [1.54, 1.807) is 18.2 Å². The van der Waals surface area contributed by atoms with E-state index in [0.29, 0.717) is 29.5 Å². The summed E-state index contributed by atoms with van der Waals surface area (Å²) < 4.78 is 10.5. The van der Waals surface area contributed by atoms with Crippen LogP contribution in [0.1, 0.15) is 37.0 Å². The molecule has 1 amide bonds. The summed E-state index contributed by atoms with van der Waals surface area (Å²) in [5.41, 5.74) is 0.628. The number of hydrogen-bond donors (Lipinski definition) is 1. The van der Waals surface area contributed by atoms with E-state index >= 15 is 0 Å². The van der Waals surface area contributed by atoms with Crippen LogP contribution in [0.5, 0.6) is 11.5 Å². The molecule has 4 nitrogen and oxygen atoms in total. The number of fused-ring (bicyclic) bond motifs is 1. The number of carbonyl (C=O) groups is 1. The summed E-state index contributed by atoms with van der Waals surface area (Å²) >= 11 is 5.71. The fraction of sp³-hybridized carbons (Fsp3) is 0.533. The van der Waals surface area contributed by atoms with Crippen LogP contribution in [-0.2, 0) is 0 Å². The second-order valence-corrected chi connectivity index (χ2v) is 6.09. The van der Waals surface area contributed by atoms with Crippen molar-refractivity contribution in [2.75, 3.05) is 19.2 Å². The monoisotopic (exact) mass is 297 g/mol. The quantitative estimate of drug-likeness (QED) is 0.820. The minimum absolute atomic E-state index is 0.0425. The number of benzene rings is 1. The Kier molecular flexibility index (Phi) is 4.76. The lowest BCUT2D eigenvalue weighted by atomic mass is 9.88. The molecular weight excluding hydrogens is 278 g/mol. The van der Waals surface area contributed by atoms with E-state index in [0.717, 1.165) is 12.8 Å². The van der Waals surface area contributed by atoms with Crippen molar-refractivity contribution in [2.24, 2.45) is 5.41 Å². The molecule has 2 rings (SSSR count). The smallest absolute Gasteiger partial charge is 0.251 e. The van der Waals surface area contributed by atoms with Crippen molar-refractivity contribution in [3.63, 3.8) is 0 Å². The highest BCUT2D eigenvalue weighted by Gasteiger charge is 2.20. The van der Waals surface area contributed by atoms with Crippen LogP contribution in [0.25, 0.3) is 0 Å². The molecule has 1 heterocycles. The number of alkyl halides is 1. The first-order valence-electron chi connectivity index (χ1n) is 6.76. The summed E-state index contributed by atoms with van der Waals surface area (Å²) in [5.74, 6) is 1.87. The van der Waals surface area contributed by atoms with Crippen molar-refractivity contribution in [3.05, 3.63) is 23.8 Å². The fourth-order valence-corrected chi connectivity index (χ4v) is 2.23. The Morgan fingerprint density at radius 2 is 2.10 bits per heavy atom. The number of nitrogens with one attached hydrogen (secondary N) is 1. The maximum Gasteiger partial charge on any atom is 0.251 e.